The summed E-state index contributed by atoms with van der Waals surface area (Å²) in [4.78, 5) is 0. The van der Waals surface area contributed by atoms with E-state index in [4.69, 9.17) is 5.73 Å². The molecule has 1 heterocycles. The minimum Gasteiger partial charge on any atom is -0.322 e. The zero-order valence-electron chi connectivity index (χ0n) is 7.18. The molecule has 8 heteroatoms. The molecule has 0 aliphatic carbocycles. The van der Waals surface area contributed by atoms with E-state index in [9.17, 15) is 8.42 Å². The standard InChI is InChI=1S/C5H10N4O2S2/c1-3(6)4-7-8-5(12-4)9-13(2,10)11/h3H,6H2,1-2H3,(H,8,9). The van der Waals surface area contributed by atoms with Crippen LogP contribution >= 0.6 is 11.3 Å². The van der Waals surface area contributed by atoms with Crippen LogP contribution in [0.5, 0.6) is 0 Å². The van der Waals surface area contributed by atoms with Gasteiger partial charge in [-0.15, -0.1) is 10.2 Å². The minimum atomic E-state index is -3.27. The maximum atomic E-state index is 10.8. The highest BCUT2D eigenvalue weighted by Crippen LogP contribution is 2.20. The molecule has 0 fully saturated rings. The molecule has 1 unspecified atom stereocenters. The average Bonchev–Trinajstić information content (AvgIpc) is 2.31. The molecule has 1 rings (SSSR count). The number of nitrogens with two attached hydrogens (primary N) is 1. The van der Waals surface area contributed by atoms with Crippen molar-refractivity contribution >= 4 is 26.5 Å². The molecule has 1 aromatic rings. The first kappa shape index (κ1) is 10.4. The lowest BCUT2D eigenvalue weighted by Crippen LogP contribution is -2.08. The van der Waals surface area contributed by atoms with Crippen LogP contribution in [0.1, 0.15) is 18.0 Å². The van der Waals surface area contributed by atoms with E-state index in [1.807, 2.05) is 0 Å². The van der Waals surface area contributed by atoms with Crippen LogP contribution in [-0.2, 0) is 10.0 Å². The Morgan fingerprint density at radius 3 is 2.54 bits per heavy atom. The SMILES string of the molecule is CC(N)c1nnc(NS(C)(=O)=O)s1. The highest BCUT2D eigenvalue weighted by Gasteiger charge is 2.10. The van der Waals surface area contributed by atoms with Gasteiger partial charge in [-0.2, -0.15) is 0 Å². The second kappa shape index (κ2) is 3.56. The van der Waals surface area contributed by atoms with Gasteiger partial charge in [0.1, 0.15) is 5.01 Å². The van der Waals surface area contributed by atoms with E-state index in [-0.39, 0.29) is 11.2 Å². The average molecular weight is 222 g/mol. The zero-order valence-corrected chi connectivity index (χ0v) is 8.82. The molecule has 0 saturated heterocycles. The summed E-state index contributed by atoms with van der Waals surface area (Å²) in [5.41, 5.74) is 5.52. The Hall–Kier alpha value is -0.730. The van der Waals surface area contributed by atoms with Crippen LogP contribution in [0.2, 0.25) is 0 Å². The van der Waals surface area contributed by atoms with Crippen molar-refractivity contribution in [3.63, 3.8) is 0 Å². The Morgan fingerprint density at radius 1 is 1.54 bits per heavy atom. The lowest BCUT2D eigenvalue weighted by atomic mass is 10.4. The van der Waals surface area contributed by atoms with E-state index in [1.165, 1.54) is 0 Å². The molecule has 0 aliphatic rings. The minimum absolute atomic E-state index is 0.229. The fourth-order valence-corrected chi connectivity index (χ4v) is 2.14. The van der Waals surface area contributed by atoms with Crippen LogP contribution in [0.25, 0.3) is 0 Å². The maximum absolute atomic E-state index is 10.8. The Kier molecular flexibility index (Phi) is 2.84. The highest BCUT2D eigenvalue weighted by molar-refractivity contribution is 7.92. The van der Waals surface area contributed by atoms with Crippen molar-refractivity contribution in [2.75, 3.05) is 11.0 Å². The number of hydrogen-bond acceptors (Lipinski definition) is 6. The molecule has 0 saturated carbocycles. The first-order chi connectivity index (χ1) is 5.88. The molecule has 3 N–H and O–H groups in total. The number of aromatic nitrogens is 2. The monoisotopic (exact) mass is 222 g/mol. The van der Waals surface area contributed by atoms with Crippen LogP contribution in [0, 0.1) is 0 Å². The third-order valence-corrected chi connectivity index (χ3v) is 2.84. The van der Waals surface area contributed by atoms with Gasteiger partial charge in [-0.25, -0.2) is 8.42 Å². The van der Waals surface area contributed by atoms with Crippen LogP contribution in [-0.4, -0.2) is 24.9 Å². The first-order valence-corrected chi connectivity index (χ1v) is 6.16. The molecular weight excluding hydrogens is 212 g/mol. The van der Waals surface area contributed by atoms with Crippen LogP contribution in [0.15, 0.2) is 0 Å². The van der Waals surface area contributed by atoms with Crippen LogP contribution in [0.3, 0.4) is 0 Å². The maximum Gasteiger partial charge on any atom is 0.231 e. The summed E-state index contributed by atoms with van der Waals surface area (Å²) in [7, 11) is -3.27. The molecule has 0 spiro atoms. The highest BCUT2D eigenvalue weighted by atomic mass is 32.2. The first-order valence-electron chi connectivity index (χ1n) is 3.45. The predicted octanol–water partition coefficient (Wildman–Crippen LogP) is -0.0707. The van der Waals surface area contributed by atoms with E-state index in [1.54, 1.807) is 6.92 Å². The molecule has 1 aromatic heterocycles. The number of nitrogens with zero attached hydrogens (tertiary/aromatic N) is 2. The summed E-state index contributed by atoms with van der Waals surface area (Å²) in [6, 6.07) is -0.229. The van der Waals surface area contributed by atoms with Crippen molar-refractivity contribution in [2.24, 2.45) is 5.73 Å². The van der Waals surface area contributed by atoms with Crippen molar-refractivity contribution in [3.8, 4) is 0 Å². The molecule has 1 atom stereocenters. The lowest BCUT2D eigenvalue weighted by molar-refractivity contribution is 0.606. The Bertz CT molecular complexity index is 383. The number of hydrogen-bond donors (Lipinski definition) is 2. The van der Waals surface area contributed by atoms with Crippen molar-refractivity contribution in [1.29, 1.82) is 0 Å². The molecule has 13 heavy (non-hydrogen) atoms. The van der Waals surface area contributed by atoms with Gasteiger partial charge in [-0.3, -0.25) is 4.72 Å². The molecular formula is C5H10N4O2S2. The van der Waals surface area contributed by atoms with Crippen molar-refractivity contribution in [1.82, 2.24) is 10.2 Å². The number of nitrogens with one attached hydrogen (secondary N) is 1. The van der Waals surface area contributed by atoms with Crippen molar-refractivity contribution in [2.45, 2.75) is 13.0 Å². The summed E-state index contributed by atoms with van der Waals surface area (Å²) in [6.07, 6.45) is 1.06. The third kappa shape index (κ3) is 3.25. The number of anilines is 1. The second-order valence-electron chi connectivity index (χ2n) is 2.61. The van der Waals surface area contributed by atoms with Gasteiger partial charge in [-0.05, 0) is 6.92 Å². The second-order valence-corrected chi connectivity index (χ2v) is 5.37. The smallest absolute Gasteiger partial charge is 0.231 e. The third-order valence-electron chi connectivity index (χ3n) is 1.10. The summed E-state index contributed by atoms with van der Waals surface area (Å²) < 4.78 is 23.8. The van der Waals surface area contributed by atoms with Gasteiger partial charge in [0.2, 0.25) is 15.2 Å². The van der Waals surface area contributed by atoms with E-state index in [0.717, 1.165) is 17.6 Å². The summed E-state index contributed by atoms with van der Waals surface area (Å²) in [5.74, 6) is 0. The van der Waals surface area contributed by atoms with Gasteiger partial charge < -0.3 is 5.73 Å². The lowest BCUT2D eigenvalue weighted by Gasteiger charge is -1.96. The Balaban J connectivity index is 2.81. The Morgan fingerprint density at radius 2 is 2.15 bits per heavy atom. The zero-order chi connectivity index (χ0) is 10.1. The molecule has 0 aliphatic heterocycles. The van der Waals surface area contributed by atoms with E-state index in [0.29, 0.717) is 5.01 Å². The number of sulfonamides is 1. The van der Waals surface area contributed by atoms with Crippen LogP contribution < -0.4 is 10.5 Å². The van der Waals surface area contributed by atoms with E-state index in [2.05, 4.69) is 14.9 Å². The number of rotatable bonds is 3. The topological polar surface area (TPSA) is 98.0 Å². The molecule has 74 valence electrons. The fourth-order valence-electron chi connectivity index (χ4n) is 0.618. The summed E-state index contributed by atoms with van der Waals surface area (Å²) in [6.45, 7) is 1.75. The van der Waals surface area contributed by atoms with Gasteiger partial charge in [0.05, 0.1) is 12.3 Å². The predicted molar refractivity (Wildman–Crippen MR) is 51.0 cm³/mol. The quantitative estimate of drug-likeness (QED) is 0.746. The summed E-state index contributed by atoms with van der Waals surface area (Å²) >= 11 is 1.13. The Labute approximate surface area is 80.2 Å². The van der Waals surface area contributed by atoms with Crippen molar-refractivity contribution < 1.29 is 8.42 Å². The van der Waals surface area contributed by atoms with Gasteiger partial charge >= 0.3 is 0 Å². The van der Waals surface area contributed by atoms with Gasteiger partial charge in [0.15, 0.2) is 0 Å². The van der Waals surface area contributed by atoms with Gasteiger partial charge in [0, 0.05) is 0 Å². The van der Waals surface area contributed by atoms with Crippen LogP contribution in [0.4, 0.5) is 5.13 Å². The van der Waals surface area contributed by atoms with Gasteiger partial charge in [0.25, 0.3) is 0 Å². The molecule has 6 nitrogen and oxygen atoms in total. The van der Waals surface area contributed by atoms with E-state index >= 15 is 0 Å². The van der Waals surface area contributed by atoms with Crippen molar-refractivity contribution in [3.05, 3.63) is 5.01 Å². The molecule has 0 radical (unpaired) electrons. The molecule has 0 bridgehead atoms. The summed E-state index contributed by atoms with van der Waals surface area (Å²) in [5, 5.41) is 8.19. The molecule has 0 aromatic carbocycles. The normalized spacial score (nSPS) is 14.1. The fraction of sp³-hybridized carbons (Fsp3) is 0.600. The molecule has 0 amide bonds. The van der Waals surface area contributed by atoms with Gasteiger partial charge in [-0.1, -0.05) is 11.3 Å². The largest absolute Gasteiger partial charge is 0.322 e. The van der Waals surface area contributed by atoms with E-state index < -0.39 is 10.0 Å².